The van der Waals surface area contributed by atoms with Gasteiger partial charge < -0.3 is 29.2 Å². The van der Waals surface area contributed by atoms with Crippen LogP contribution in [0.25, 0.3) is 0 Å². The summed E-state index contributed by atoms with van der Waals surface area (Å²) in [5.41, 5.74) is 1.28. The van der Waals surface area contributed by atoms with Crippen molar-refractivity contribution in [3.05, 3.63) is 69.7 Å². The maximum absolute atomic E-state index is 10.6. The Hall–Kier alpha value is -1.22. The molecule has 2 aromatic carbocycles. The van der Waals surface area contributed by atoms with Crippen LogP contribution in [0.2, 0.25) is 10.0 Å². The molecule has 0 amide bonds. The van der Waals surface area contributed by atoms with Crippen molar-refractivity contribution < 1.29 is 29.2 Å². The van der Waals surface area contributed by atoms with Crippen LogP contribution in [0.3, 0.4) is 0 Å². The van der Waals surface area contributed by atoms with Crippen molar-refractivity contribution in [2.75, 3.05) is 13.2 Å². The van der Waals surface area contributed by atoms with Crippen molar-refractivity contribution in [3.63, 3.8) is 0 Å². The fraction of sp³-hybridized carbons (Fsp3) is 0.400. The first-order valence-electron chi connectivity index (χ1n) is 8.93. The molecule has 0 aliphatic carbocycles. The Morgan fingerprint density at radius 3 is 1.96 bits per heavy atom. The lowest BCUT2D eigenvalue weighted by Gasteiger charge is -2.24. The number of hydrogen-bond acceptors (Lipinski definition) is 6. The lowest BCUT2D eigenvalue weighted by Crippen LogP contribution is -2.45. The van der Waals surface area contributed by atoms with Gasteiger partial charge in [0.15, 0.2) is 12.6 Å². The molecule has 0 bridgehead atoms. The standard InChI is InChI=1S/C20H20Cl2O6/c21-13-7-3-1-5-11(13)19-25-9-15(23)17(24)18-16(10-26-19)27-20(28-18)12-6-2-4-8-14(12)22/h1-8,15-20,23-24H,9-10H2/t15-,16+,17-,18-,19?,20?/m0/s1. The molecule has 2 aliphatic heterocycles. The Kier molecular flexibility index (Phi) is 6.20. The Bertz CT molecular complexity index is 819. The van der Waals surface area contributed by atoms with Crippen LogP contribution in [0.1, 0.15) is 23.7 Å². The molecular formula is C20H20Cl2O6. The minimum atomic E-state index is -1.22. The molecule has 150 valence electrons. The largest absolute Gasteiger partial charge is 0.388 e. The second-order valence-corrected chi connectivity index (χ2v) is 7.52. The second-order valence-electron chi connectivity index (χ2n) is 6.71. The molecule has 0 saturated carbocycles. The van der Waals surface area contributed by atoms with Crippen molar-refractivity contribution in [1.82, 2.24) is 0 Å². The minimum absolute atomic E-state index is 0.0747. The molecule has 0 spiro atoms. The van der Waals surface area contributed by atoms with E-state index in [1.165, 1.54) is 0 Å². The Morgan fingerprint density at radius 1 is 0.750 bits per heavy atom. The van der Waals surface area contributed by atoms with Gasteiger partial charge in [0.2, 0.25) is 0 Å². The molecule has 2 unspecified atom stereocenters. The van der Waals surface area contributed by atoms with Crippen LogP contribution < -0.4 is 0 Å². The lowest BCUT2D eigenvalue weighted by atomic mass is 10.0. The number of ether oxygens (including phenoxy) is 4. The number of halogens is 2. The van der Waals surface area contributed by atoms with Gasteiger partial charge in [-0.3, -0.25) is 0 Å². The number of rotatable bonds is 2. The summed E-state index contributed by atoms with van der Waals surface area (Å²) in [6.45, 7) is -0.0777. The highest BCUT2D eigenvalue weighted by molar-refractivity contribution is 6.31. The predicted molar refractivity (Wildman–Crippen MR) is 102 cm³/mol. The molecule has 8 heteroatoms. The SMILES string of the molecule is O[C@@H]1[C@H]2OC(c3ccccc3Cl)O[C@@H]2COC(c2ccccc2Cl)OC[C@@H]1O. The third-order valence-corrected chi connectivity index (χ3v) is 5.51. The number of aliphatic hydroxyl groups excluding tert-OH is 2. The summed E-state index contributed by atoms with van der Waals surface area (Å²) in [4.78, 5) is 0. The highest BCUT2D eigenvalue weighted by Crippen LogP contribution is 2.38. The van der Waals surface area contributed by atoms with E-state index in [0.29, 0.717) is 21.2 Å². The summed E-state index contributed by atoms with van der Waals surface area (Å²) < 4.78 is 23.4. The van der Waals surface area contributed by atoms with Crippen LogP contribution in [-0.2, 0) is 18.9 Å². The first kappa shape index (κ1) is 20.1. The summed E-state index contributed by atoms with van der Waals surface area (Å²) >= 11 is 12.5. The molecule has 0 aromatic heterocycles. The van der Waals surface area contributed by atoms with E-state index in [1.54, 1.807) is 36.4 Å². The van der Waals surface area contributed by atoms with Crippen LogP contribution >= 0.6 is 23.2 Å². The van der Waals surface area contributed by atoms with Crippen molar-refractivity contribution in [2.24, 2.45) is 0 Å². The fourth-order valence-electron chi connectivity index (χ4n) is 3.33. The average molecular weight is 427 g/mol. The molecule has 28 heavy (non-hydrogen) atoms. The van der Waals surface area contributed by atoms with Crippen molar-refractivity contribution in [2.45, 2.75) is 37.0 Å². The second kappa shape index (κ2) is 8.65. The maximum Gasteiger partial charge on any atom is 0.186 e. The van der Waals surface area contributed by atoms with E-state index in [2.05, 4.69) is 0 Å². The van der Waals surface area contributed by atoms with Gasteiger partial charge >= 0.3 is 0 Å². The normalized spacial score (nSPS) is 33.6. The molecule has 2 N–H and O–H groups in total. The monoisotopic (exact) mass is 426 g/mol. The minimum Gasteiger partial charge on any atom is -0.388 e. The van der Waals surface area contributed by atoms with E-state index in [9.17, 15) is 10.2 Å². The molecule has 4 rings (SSSR count). The maximum atomic E-state index is 10.6. The van der Waals surface area contributed by atoms with E-state index in [1.807, 2.05) is 12.1 Å². The quantitative estimate of drug-likeness (QED) is 0.767. The highest BCUT2D eigenvalue weighted by atomic mass is 35.5. The van der Waals surface area contributed by atoms with Gasteiger partial charge in [-0.1, -0.05) is 59.6 Å². The van der Waals surface area contributed by atoms with Crippen LogP contribution in [0, 0.1) is 0 Å². The first-order valence-corrected chi connectivity index (χ1v) is 9.69. The smallest absolute Gasteiger partial charge is 0.186 e. The van der Waals surface area contributed by atoms with E-state index >= 15 is 0 Å². The molecule has 2 fully saturated rings. The van der Waals surface area contributed by atoms with Crippen molar-refractivity contribution >= 4 is 23.2 Å². The van der Waals surface area contributed by atoms with Gasteiger partial charge in [0.1, 0.15) is 24.4 Å². The zero-order valence-corrected chi connectivity index (χ0v) is 16.3. The number of benzene rings is 2. The average Bonchev–Trinajstić information content (AvgIpc) is 3.13. The van der Waals surface area contributed by atoms with Gasteiger partial charge in [-0.2, -0.15) is 0 Å². The topological polar surface area (TPSA) is 77.4 Å². The molecule has 2 aliphatic rings. The van der Waals surface area contributed by atoms with Gasteiger partial charge in [-0.15, -0.1) is 0 Å². The van der Waals surface area contributed by atoms with Gasteiger partial charge in [0.05, 0.1) is 13.2 Å². The van der Waals surface area contributed by atoms with Gasteiger partial charge in [-0.25, -0.2) is 0 Å². The van der Waals surface area contributed by atoms with Crippen molar-refractivity contribution in [1.29, 1.82) is 0 Å². The van der Waals surface area contributed by atoms with Gasteiger partial charge in [0.25, 0.3) is 0 Å². The van der Waals surface area contributed by atoms with E-state index < -0.39 is 37.0 Å². The highest BCUT2D eigenvalue weighted by Gasteiger charge is 2.45. The fourth-order valence-corrected chi connectivity index (χ4v) is 3.78. The number of aliphatic hydroxyl groups is 2. The third kappa shape index (κ3) is 4.06. The summed E-state index contributed by atoms with van der Waals surface area (Å²) in [5, 5.41) is 21.9. The molecule has 6 nitrogen and oxygen atoms in total. The van der Waals surface area contributed by atoms with Crippen LogP contribution in [0.4, 0.5) is 0 Å². The Morgan fingerprint density at radius 2 is 1.32 bits per heavy atom. The number of fused-ring (bicyclic) bond motifs is 1. The lowest BCUT2D eigenvalue weighted by molar-refractivity contribution is -0.182. The molecule has 6 atom stereocenters. The predicted octanol–water partition coefficient (Wildman–Crippen LogP) is 3.24. The Labute approximate surface area is 172 Å². The van der Waals surface area contributed by atoms with Crippen molar-refractivity contribution in [3.8, 4) is 0 Å². The summed E-state index contributed by atoms with van der Waals surface area (Å²) in [6, 6.07) is 14.3. The third-order valence-electron chi connectivity index (χ3n) is 4.82. The van der Waals surface area contributed by atoms with Gasteiger partial charge in [0, 0.05) is 21.2 Å². The summed E-state index contributed by atoms with van der Waals surface area (Å²) in [5.74, 6) is 0. The van der Waals surface area contributed by atoms with E-state index in [4.69, 9.17) is 42.1 Å². The zero-order valence-electron chi connectivity index (χ0n) is 14.8. The zero-order chi connectivity index (χ0) is 19.7. The van der Waals surface area contributed by atoms with Gasteiger partial charge in [-0.05, 0) is 12.1 Å². The summed E-state index contributed by atoms with van der Waals surface area (Å²) in [7, 11) is 0. The van der Waals surface area contributed by atoms with Crippen LogP contribution in [0.15, 0.2) is 48.5 Å². The summed E-state index contributed by atoms with van der Waals surface area (Å²) in [6.07, 6.45) is -5.41. The number of hydrogen-bond donors (Lipinski definition) is 2. The first-order chi connectivity index (χ1) is 13.5. The molecule has 2 heterocycles. The molecule has 2 aromatic rings. The molecular weight excluding hydrogens is 407 g/mol. The molecule has 0 radical (unpaired) electrons. The van der Waals surface area contributed by atoms with E-state index in [0.717, 1.165) is 0 Å². The Balaban J connectivity index is 1.57. The van der Waals surface area contributed by atoms with Crippen LogP contribution in [-0.4, -0.2) is 47.8 Å². The van der Waals surface area contributed by atoms with E-state index in [-0.39, 0.29) is 13.2 Å². The molecule has 2 saturated heterocycles. The van der Waals surface area contributed by atoms with Crippen LogP contribution in [0.5, 0.6) is 0 Å².